The summed E-state index contributed by atoms with van der Waals surface area (Å²) in [5, 5.41) is 12.8. The summed E-state index contributed by atoms with van der Waals surface area (Å²) in [6.45, 7) is 7.01. The first-order chi connectivity index (χ1) is 9.09. The normalized spacial score (nSPS) is 14.7. The minimum Gasteiger partial charge on any atom is -0.545 e. The average molecular weight is 263 g/mol. The van der Waals surface area contributed by atoms with Crippen LogP contribution in [0.4, 0.5) is 0 Å². The fourth-order valence-corrected chi connectivity index (χ4v) is 2.15. The smallest absolute Gasteiger partial charge is 0.0755 e. The van der Waals surface area contributed by atoms with E-state index in [4.69, 9.17) is 0 Å². The van der Waals surface area contributed by atoms with Crippen molar-refractivity contribution in [3.05, 3.63) is 35.4 Å². The third-order valence-electron chi connectivity index (χ3n) is 3.15. The molecule has 3 heteroatoms. The lowest BCUT2D eigenvalue weighted by Gasteiger charge is -2.06. The number of carboxylic acid groups (broad SMARTS) is 1. The Kier molecular flexibility index (Phi) is 7.19. The van der Waals surface area contributed by atoms with Crippen LogP contribution < -0.4 is 10.4 Å². The average Bonchev–Trinajstić information content (AvgIpc) is 2.41. The summed E-state index contributed by atoms with van der Waals surface area (Å²) < 4.78 is 0. The molecule has 1 heterocycles. The number of benzene rings is 1. The van der Waals surface area contributed by atoms with E-state index < -0.39 is 5.97 Å². The van der Waals surface area contributed by atoms with Gasteiger partial charge < -0.3 is 15.2 Å². The van der Waals surface area contributed by atoms with Crippen molar-refractivity contribution in [3.63, 3.8) is 0 Å². The van der Waals surface area contributed by atoms with Crippen molar-refractivity contribution >= 4 is 5.97 Å². The van der Waals surface area contributed by atoms with E-state index in [-0.39, 0.29) is 5.56 Å². The fourth-order valence-electron chi connectivity index (χ4n) is 2.15. The Morgan fingerprint density at radius 2 is 1.74 bits per heavy atom. The summed E-state index contributed by atoms with van der Waals surface area (Å²) in [5.41, 5.74) is 1.41. The van der Waals surface area contributed by atoms with Gasteiger partial charge in [0.25, 0.3) is 0 Å². The molecule has 106 valence electrons. The quantitative estimate of drug-likeness (QED) is 0.884. The first-order valence-corrected chi connectivity index (χ1v) is 7.21. The van der Waals surface area contributed by atoms with Crippen LogP contribution in [-0.4, -0.2) is 19.1 Å². The maximum absolute atomic E-state index is 10.4. The number of nitrogens with two attached hydrogens (primary N) is 1. The van der Waals surface area contributed by atoms with Crippen molar-refractivity contribution in [2.45, 2.75) is 39.5 Å². The van der Waals surface area contributed by atoms with Gasteiger partial charge in [0.05, 0.1) is 19.1 Å². The largest absolute Gasteiger partial charge is 0.545 e. The van der Waals surface area contributed by atoms with Crippen molar-refractivity contribution in [1.29, 1.82) is 0 Å². The molecular weight excluding hydrogens is 238 g/mol. The molecule has 19 heavy (non-hydrogen) atoms. The van der Waals surface area contributed by atoms with Crippen LogP contribution in [0.2, 0.25) is 0 Å². The SMILES string of the molecule is C1CC[NH2+]CC1.CC(C)Cc1ccc(C(=O)[O-])cc1. The van der Waals surface area contributed by atoms with Crippen LogP contribution in [0.3, 0.4) is 0 Å². The molecule has 1 aliphatic rings. The zero-order valence-corrected chi connectivity index (χ0v) is 12.0. The lowest BCUT2D eigenvalue weighted by molar-refractivity contribution is -0.662. The minimum atomic E-state index is -1.11. The standard InChI is InChI=1S/C11H14O2.C5H11N/c1-8(2)7-9-3-5-10(6-4-9)11(12)13;1-2-4-6-5-3-1/h3-6,8H,7H2,1-2H3,(H,12,13);6H,1-5H2. The predicted molar refractivity (Wildman–Crippen MR) is 74.8 cm³/mol. The molecule has 0 unspecified atom stereocenters. The van der Waals surface area contributed by atoms with Gasteiger partial charge in [0.15, 0.2) is 0 Å². The Bertz CT molecular complexity index is 355. The third kappa shape index (κ3) is 6.97. The number of piperidine rings is 1. The second-order valence-corrected chi connectivity index (χ2v) is 5.51. The van der Waals surface area contributed by atoms with Gasteiger partial charge in [0.1, 0.15) is 0 Å². The maximum Gasteiger partial charge on any atom is 0.0755 e. The lowest BCUT2D eigenvalue weighted by Crippen LogP contribution is -2.85. The van der Waals surface area contributed by atoms with Gasteiger partial charge in [-0.15, -0.1) is 0 Å². The van der Waals surface area contributed by atoms with Crippen molar-refractivity contribution in [2.75, 3.05) is 13.1 Å². The van der Waals surface area contributed by atoms with Gasteiger partial charge in [0.2, 0.25) is 0 Å². The molecule has 0 aromatic heterocycles. The third-order valence-corrected chi connectivity index (χ3v) is 3.15. The number of aromatic carboxylic acids is 1. The molecule has 0 radical (unpaired) electrons. The Morgan fingerprint density at radius 3 is 2.05 bits per heavy atom. The van der Waals surface area contributed by atoms with Crippen LogP contribution >= 0.6 is 0 Å². The molecule has 1 saturated heterocycles. The van der Waals surface area contributed by atoms with E-state index >= 15 is 0 Å². The van der Waals surface area contributed by atoms with Gasteiger partial charge in [-0.1, -0.05) is 38.1 Å². The highest BCUT2D eigenvalue weighted by atomic mass is 16.4. The predicted octanol–water partition coefficient (Wildman–Crippen LogP) is 0.982. The molecule has 0 amide bonds. The van der Waals surface area contributed by atoms with E-state index in [2.05, 4.69) is 19.2 Å². The Labute approximate surface area is 116 Å². The number of carbonyl (C=O) groups is 1. The minimum absolute atomic E-state index is 0.243. The van der Waals surface area contributed by atoms with Gasteiger partial charge in [-0.05, 0) is 42.7 Å². The zero-order chi connectivity index (χ0) is 14.1. The molecule has 1 aromatic rings. The van der Waals surface area contributed by atoms with Crippen molar-refractivity contribution in [3.8, 4) is 0 Å². The first-order valence-electron chi connectivity index (χ1n) is 7.21. The summed E-state index contributed by atoms with van der Waals surface area (Å²) in [6, 6.07) is 6.86. The molecule has 0 spiro atoms. The highest BCUT2D eigenvalue weighted by Gasteiger charge is 1.98. The van der Waals surface area contributed by atoms with E-state index in [0.717, 1.165) is 6.42 Å². The van der Waals surface area contributed by atoms with E-state index in [1.807, 2.05) is 12.1 Å². The molecule has 0 atom stereocenters. The number of hydrogen-bond acceptors (Lipinski definition) is 2. The fraction of sp³-hybridized carbons (Fsp3) is 0.562. The molecule has 0 saturated carbocycles. The molecule has 0 bridgehead atoms. The van der Waals surface area contributed by atoms with Gasteiger partial charge in [-0.25, -0.2) is 0 Å². The van der Waals surface area contributed by atoms with Crippen molar-refractivity contribution in [1.82, 2.24) is 0 Å². The van der Waals surface area contributed by atoms with Crippen LogP contribution in [0.25, 0.3) is 0 Å². The highest BCUT2D eigenvalue weighted by molar-refractivity contribution is 5.85. The molecule has 2 rings (SSSR count). The first kappa shape index (κ1) is 15.7. The lowest BCUT2D eigenvalue weighted by atomic mass is 10.0. The van der Waals surface area contributed by atoms with Crippen LogP contribution in [0, 0.1) is 5.92 Å². The zero-order valence-electron chi connectivity index (χ0n) is 12.0. The summed E-state index contributed by atoms with van der Waals surface area (Å²) in [7, 11) is 0. The summed E-state index contributed by atoms with van der Waals surface area (Å²) >= 11 is 0. The number of carbonyl (C=O) groups excluding carboxylic acids is 1. The molecule has 3 nitrogen and oxygen atoms in total. The highest BCUT2D eigenvalue weighted by Crippen LogP contribution is 2.09. The second-order valence-electron chi connectivity index (χ2n) is 5.51. The molecule has 1 aromatic carbocycles. The summed E-state index contributed by atoms with van der Waals surface area (Å²) in [5.74, 6) is -0.523. The molecule has 2 N–H and O–H groups in total. The van der Waals surface area contributed by atoms with Gasteiger partial charge in [0, 0.05) is 0 Å². The topological polar surface area (TPSA) is 56.7 Å². The monoisotopic (exact) mass is 263 g/mol. The van der Waals surface area contributed by atoms with Crippen LogP contribution in [0.15, 0.2) is 24.3 Å². The van der Waals surface area contributed by atoms with Crippen LogP contribution in [-0.2, 0) is 6.42 Å². The molecular formula is C16H25NO2. The number of carboxylic acids is 1. The van der Waals surface area contributed by atoms with Crippen molar-refractivity contribution in [2.24, 2.45) is 5.92 Å². The van der Waals surface area contributed by atoms with E-state index in [1.165, 1.54) is 37.9 Å². The van der Waals surface area contributed by atoms with E-state index in [0.29, 0.717) is 5.92 Å². The van der Waals surface area contributed by atoms with E-state index in [1.54, 1.807) is 12.1 Å². The number of hydrogen-bond donors (Lipinski definition) is 1. The maximum atomic E-state index is 10.4. The van der Waals surface area contributed by atoms with Crippen molar-refractivity contribution < 1.29 is 15.2 Å². The van der Waals surface area contributed by atoms with Crippen LogP contribution in [0.1, 0.15) is 49.0 Å². The second kappa shape index (κ2) is 8.70. The summed E-state index contributed by atoms with van der Waals surface area (Å²) in [6.07, 6.45) is 5.34. The van der Waals surface area contributed by atoms with Gasteiger partial charge in [-0.3, -0.25) is 0 Å². The molecule has 0 aliphatic carbocycles. The number of rotatable bonds is 3. The Morgan fingerprint density at radius 1 is 1.16 bits per heavy atom. The van der Waals surface area contributed by atoms with Gasteiger partial charge in [-0.2, -0.15) is 0 Å². The van der Waals surface area contributed by atoms with Crippen LogP contribution in [0.5, 0.6) is 0 Å². The Hall–Kier alpha value is -1.35. The Balaban J connectivity index is 0.000000250. The van der Waals surface area contributed by atoms with E-state index in [9.17, 15) is 9.90 Å². The molecule has 1 fully saturated rings. The summed E-state index contributed by atoms with van der Waals surface area (Å²) in [4.78, 5) is 10.4. The molecule has 1 aliphatic heterocycles. The van der Waals surface area contributed by atoms with Gasteiger partial charge >= 0.3 is 0 Å². The number of quaternary nitrogens is 1.